The molecule has 8 nitrogen and oxygen atoms in total. The molecule has 0 fully saturated rings. The van der Waals surface area contributed by atoms with Crippen LogP contribution in [-0.4, -0.2) is 36.7 Å². The molecule has 1 amide bonds. The van der Waals surface area contributed by atoms with Crippen molar-refractivity contribution >= 4 is 22.5 Å². The van der Waals surface area contributed by atoms with Gasteiger partial charge >= 0.3 is 5.69 Å². The van der Waals surface area contributed by atoms with Crippen LogP contribution < -0.4 is 26.2 Å². The molecule has 4 rings (SSSR count). The van der Waals surface area contributed by atoms with Crippen LogP contribution in [0.25, 0.3) is 10.9 Å². The topological polar surface area (TPSA) is 96.4 Å². The van der Waals surface area contributed by atoms with Gasteiger partial charge in [0.15, 0.2) is 0 Å². The molecule has 0 bridgehead atoms. The molecular weight excluding hydrogens is 432 g/mol. The van der Waals surface area contributed by atoms with Gasteiger partial charge in [0.05, 0.1) is 24.6 Å². The van der Waals surface area contributed by atoms with Crippen LogP contribution in [0.4, 0.5) is 5.69 Å². The average molecular weight is 459 g/mol. The van der Waals surface area contributed by atoms with E-state index in [9.17, 15) is 14.4 Å². The Balaban J connectivity index is 1.57. The van der Waals surface area contributed by atoms with Gasteiger partial charge in [-0.3, -0.25) is 14.2 Å². The number of anilines is 1. The lowest BCUT2D eigenvalue weighted by Gasteiger charge is -2.13. The third-order valence-electron chi connectivity index (χ3n) is 5.65. The molecule has 0 spiro atoms. The molecule has 0 saturated carbocycles. The van der Waals surface area contributed by atoms with Crippen molar-refractivity contribution < 1.29 is 9.53 Å². The molecule has 0 aliphatic heterocycles. The molecule has 174 valence electrons. The maximum absolute atomic E-state index is 13.1. The van der Waals surface area contributed by atoms with E-state index in [4.69, 9.17) is 4.74 Å². The molecule has 4 aromatic rings. The summed E-state index contributed by atoms with van der Waals surface area (Å²) in [5.74, 6) is 0.428. The zero-order chi connectivity index (χ0) is 24.2. The highest BCUT2D eigenvalue weighted by molar-refractivity contribution is 5.97. The van der Waals surface area contributed by atoms with Crippen LogP contribution in [0.3, 0.4) is 0 Å². The van der Waals surface area contributed by atoms with Crippen molar-refractivity contribution in [3.63, 3.8) is 0 Å². The molecule has 2 N–H and O–H groups in total. The highest BCUT2D eigenvalue weighted by Gasteiger charge is 2.12. The maximum atomic E-state index is 13.1. The number of hydrogen-bond acceptors (Lipinski definition) is 5. The van der Waals surface area contributed by atoms with E-state index < -0.39 is 11.2 Å². The molecule has 1 aromatic heterocycles. The Kier molecular flexibility index (Phi) is 6.49. The van der Waals surface area contributed by atoms with Crippen LogP contribution in [0.1, 0.15) is 21.5 Å². The standard InChI is InChI=1S/C26H26N4O4/c1-29(2)20-9-4-18(5-10-20)16-30-25(32)22-14-19(8-13-23(22)28-26(30)33)24(31)27-15-17-6-11-21(34-3)12-7-17/h4-14H,15-16H2,1-3H3,(H,27,31)(H,28,33). The number of benzene rings is 3. The van der Waals surface area contributed by atoms with E-state index in [0.717, 1.165) is 27.1 Å². The highest BCUT2D eigenvalue weighted by atomic mass is 16.5. The lowest BCUT2D eigenvalue weighted by Crippen LogP contribution is -2.35. The van der Waals surface area contributed by atoms with Gasteiger partial charge in [-0.1, -0.05) is 24.3 Å². The number of aromatic amines is 1. The Hall–Kier alpha value is -4.33. The van der Waals surface area contributed by atoms with Crippen LogP contribution in [0.15, 0.2) is 76.3 Å². The molecule has 0 aliphatic rings. The predicted octanol–water partition coefficient (Wildman–Crippen LogP) is 2.74. The zero-order valence-electron chi connectivity index (χ0n) is 19.3. The molecule has 3 aromatic carbocycles. The van der Waals surface area contributed by atoms with Gasteiger partial charge in [0.25, 0.3) is 11.5 Å². The van der Waals surface area contributed by atoms with E-state index >= 15 is 0 Å². The summed E-state index contributed by atoms with van der Waals surface area (Å²) >= 11 is 0. The predicted molar refractivity (Wildman–Crippen MR) is 133 cm³/mol. The summed E-state index contributed by atoms with van der Waals surface area (Å²) in [4.78, 5) is 43.1. The van der Waals surface area contributed by atoms with Crippen LogP contribution in [-0.2, 0) is 13.1 Å². The number of nitrogens with zero attached hydrogens (tertiary/aromatic N) is 2. The molecule has 0 radical (unpaired) electrons. The first-order chi connectivity index (χ1) is 16.4. The summed E-state index contributed by atoms with van der Waals surface area (Å²) in [6, 6.07) is 19.7. The number of aromatic nitrogens is 2. The largest absolute Gasteiger partial charge is 0.497 e. The molecule has 0 saturated heterocycles. The number of methoxy groups -OCH3 is 1. The third kappa shape index (κ3) is 4.85. The van der Waals surface area contributed by atoms with Crippen molar-refractivity contribution in [1.29, 1.82) is 0 Å². The summed E-state index contributed by atoms with van der Waals surface area (Å²) in [5.41, 5.74) is 2.56. The van der Waals surface area contributed by atoms with Gasteiger partial charge in [-0.2, -0.15) is 0 Å². The summed E-state index contributed by atoms with van der Waals surface area (Å²) in [6.45, 7) is 0.464. The number of carbonyl (C=O) groups excluding carboxylic acids is 1. The quantitative estimate of drug-likeness (QED) is 0.444. The Bertz CT molecular complexity index is 1440. The van der Waals surface area contributed by atoms with E-state index in [-0.39, 0.29) is 17.8 Å². The first-order valence-electron chi connectivity index (χ1n) is 10.8. The molecule has 8 heteroatoms. The van der Waals surface area contributed by atoms with Gasteiger partial charge in [-0.15, -0.1) is 0 Å². The first-order valence-corrected chi connectivity index (χ1v) is 10.8. The van der Waals surface area contributed by atoms with Crippen LogP contribution in [0.5, 0.6) is 5.75 Å². The fraction of sp³-hybridized carbons (Fsp3) is 0.192. The van der Waals surface area contributed by atoms with E-state index in [0.29, 0.717) is 17.6 Å². The molecule has 0 atom stereocenters. The van der Waals surface area contributed by atoms with Crippen molar-refractivity contribution in [2.45, 2.75) is 13.1 Å². The Morgan fingerprint density at radius 1 is 0.971 bits per heavy atom. The lowest BCUT2D eigenvalue weighted by atomic mass is 10.1. The van der Waals surface area contributed by atoms with E-state index in [1.54, 1.807) is 19.2 Å². The van der Waals surface area contributed by atoms with Crippen molar-refractivity contribution in [2.75, 3.05) is 26.1 Å². The van der Waals surface area contributed by atoms with Crippen molar-refractivity contribution in [2.24, 2.45) is 0 Å². The fourth-order valence-electron chi connectivity index (χ4n) is 3.65. The number of H-pyrrole nitrogens is 1. The van der Waals surface area contributed by atoms with E-state index in [1.165, 1.54) is 6.07 Å². The van der Waals surface area contributed by atoms with Gasteiger partial charge in [0.2, 0.25) is 0 Å². The van der Waals surface area contributed by atoms with Crippen molar-refractivity contribution in [3.8, 4) is 5.75 Å². The minimum atomic E-state index is -0.495. The van der Waals surface area contributed by atoms with Crippen molar-refractivity contribution in [1.82, 2.24) is 14.9 Å². The Labute approximate surface area is 196 Å². The number of amides is 1. The monoisotopic (exact) mass is 458 g/mol. The van der Waals surface area contributed by atoms with Gasteiger partial charge < -0.3 is 19.9 Å². The molecule has 0 aliphatic carbocycles. The van der Waals surface area contributed by atoms with Gasteiger partial charge in [0, 0.05) is 31.9 Å². The average Bonchev–Trinajstić information content (AvgIpc) is 2.85. The maximum Gasteiger partial charge on any atom is 0.329 e. The fourth-order valence-corrected chi connectivity index (χ4v) is 3.65. The number of hydrogen-bond donors (Lipinski definition) is 2. The molecule has 34 heavy (non-hydrogen) atoms. The number of fused-ring (bicyclic) bond motifs is 1. The number of nitrogens with one attached hydrogen (secondary N) is 2. The minimum Gasteiger partial charge on any atom is -0.497 e. The normalized spacial score (nSPS) is 10.8. The zero-order valence-corrected chi connectivity index (χ0v) is 19.3. The van der Waals surface area contributed by atoms with E-state index in [1.807, 2.05) is 67.5 Å². The Morgan fingerprint density at radius 3 is 2.29 bits per heavy atom. The smallest absolute Gasteiger partial charge is 0.329 e. The minimum absolute atomic E-state index is 0.131. The van der Waals surface area contributed by atoms with Gasteiger partial charge in [-0.05, 0) is 53.6 Å². The third-order valence-corrected chi connectivity index (χ3v) is 5.65. The number of carbonyl (C=O) groups is 1. The highest BCUT2D eigenvalue weighted by Crippen LogP contribution is 2.14. The summed E-state index contributed by atoms with van der Waals surface area (Å²) in [6.07, 6.45) is 0. The second-order valence-corrected chi connectivity index (χ2v) is 8.17. The molecule has 0 unspecified atom stereocenters. The SMILES string of the molecule is COc1ccc(CNC(=O)c2ccc3[nH]c(=O)n(Cc4ccc(N(C)C)cc4)c(=O)c3c2)cc1. The number of rotatable bonds is 7. The van der Waals surface area contributed by atoms with Crippen LogP contribution in [0, 0.1) is 0 Å². The summed E-state index contributed by atoms with van der Waals surface area (Å²) in [7, 11) is 5.48. The summed E-state index contributed by atoms with van der Waals surface area (Å²) < 4.78 is 6.29. The van der Waals surface area contributed by atoms with Crippen molar-refractivity contribution in [3.05, 3.63) is 104 Å². The van der Waals surface area contributed by atoms with Crippen LogP contribution >= 0.6 is 0 Å². The lowest BCUT2D eigenvalue weighted by molar-refractivity contribution is 0.0951. The Morgan fingerprint density at radius 2 is 1.65 bits per heavy atom. The number of ether oxygens (including phenoxy) is 1. The molecular formula is C26H26N4O4. The van der Waals surface area contributed by atoms with Crippen LogP contribution in [0.2, 0.25) is 0 Å². The second-order valence-electron chi connectivity index (χ2n) is 8.17. The van der Waals surface area contributed by atoms with Gasteiger partial charge in [-0.25, -0.2) is 4.79 Å². The summed E-state index contributed by atoms with van der Waals surface area (Å²) in [5, 5.41) is 3.13. The molecule has 1 heterocycles. The van der Waals surface area contributed by atoms with E-state index in [2.05, 4.69) is 10.3 Å². The first kappa shape index (κ1) is 22.8. The van der Waals surface area contributed by atoms with Gasteiger partial charge in [0.1, 0.15) is 5.75 Å². The second kappa shape index (κ2) is 9.66.